The zero-order valence-corrected chi connectivity index (χ0v) is 17.8. The average molecular weight is 447 g/mol. The Morgan fingerprint density at radius 1 is 1.10 bits per heavy atom. The highest BCUT2D eigenvalue weighted by atomic mass is 35.5. The monoisotopic (exact) mass is 446 g/mol. The average Bonchev–Trinajstić information content (AvgIpc) is 2.69. The number of carbonyl (C=O) groups is 1. The van der Waals surface area contributed by atoms with Crippen molar-refractivity contribution in [2.45, 2.75) is 6.92 Å². The van der Waals surface area contributed by atoms with Gasteiger partial charge in [0.25, 0.3) is 5.91 Å². The molecule has 2 aromatic carbocycles. The van der Waals surface area contributed by atoms with Crippen LogP contribution in [0.1, 0.15) is 17.3 Å². The van der Waals surface area contributed by atoms with Gasteiger partial charge in [-0.2, -0.15) is 0 Å². The third-order valence-corrected chi connectivity index (χ3v) is 4.71. The second kappa shape index (κ2) is 9.15. The summed E-state index contributed by atoms with van der Waals surface area (Å²) >= 11 is 5.93. The van der Waals surface area contributed by atoms with Gasteiger partial charge in [0.1, 0.15) is 11.5 Å². The number of benzene rings is 2. The highest BCUT2D eigenvalue weighted by molar-refractivity contribution is 7.89. The molecule has 0 saturated heterocycles. The number of hydrogen-bond donors (Lipinski definition) is 1. The van der Waals surface area contributed by atoms with Gasteiger partial charge in [-0.25, -0.2) is 18.1 Å². The van der Waals surface area contributed by atoms with Crippen LogP contribution in [-0.4, -0.2) is 32.2 Å². The zero-order valence-electron chi connectivity index (χ0n) is 16.3. The van der Waals surface area contributed by atoms with E-state index in [-0.39, 0.29) is 5.56 Å². The Labute approximate surface area is 179 Å². The van der Waals surface area contributed by atoms with Crippen LogP contribution >= 0.6 is 11.6 Å². The summed E-state index contributed by atoms with van der Waals surface area (Å²) in [5.74, 6) is 0.582. The van der Waals surface area contributed by atoms with E-state index >= 15 is 0 Å². The standard InChI is InChI=1S/C21H19ClN2O5S/c1-3-28-21-17(5-4-12-23-21)18-13-14(20(25)24-30(2,26)27)6-11-19(18)29-16-9-7-15(22)8-10-16/h4-13H,3H2,1-2H3,(H,24,25). The van der Waals surface area contributed by atoms with Crippen LogP contribution in [0.25, 0.3) is 11.1 Å². The van der Waals surface area contributed by atoms with Crippen molar-refractivity contribution < 1.29 is 22.7 Å². The molecule has 3 rings (SSSR count). The summed E-state index contributed by atoms with van der Waals surface area (Å²) in [5.41, 5.74) is 1.25. The largest absolute Gasteiger partial charge is 0.478 e. The Balaban J connectivity index is 2.10. The highest BCUT2D eigenvalue weighted by Gasteiger charge is 2.18. The SMILES string of the molecule is CCOc1ncccc1-c1cc(C(=O)NS(C)(=O)=O)ccc1Oc1ccc(Cl)cc1. The number of aromatic nitrogens is 1. The number of amides is 1. The molecule has 0 atom stereocenters. The van der Waals surface area contributed by atoms with Gasteiger partial charge in [-0.15, -0.1) is 0 Å². The lowest BCUT2D eigenvalue weighted by atomic mass is 10.0. The summed E-state index contributed by atoms with van der Waals surface area (Å²) < 4.78 is 36.5. The summed E-state index contributed by atoms with van der Waals surface area (Å²) in [6.07, 6.45) is 2.51. The molecule has 1 amide bonds. The molecule has 0 aliphatic rings. The van der Waals surface area contributed by atoms with Crippen molar-refractivity contribution in [2.24, 2.45) is 0 Å². The van der Waals surface area contributed by atoms with Crippen molar-refractivity contribution in [1.82, 2.24) is 9.71 Å². The van der Waals surface area contributed by atoms with E-state index in [9.17, 15) is 13.2 Å². The number of rotatable bonds is 7. The fourth-order valence-corrected chi connectivity index (χ4v) is 3.26. The van der Waals surface area contributed by atoms with Crippen molar-refractivity contribution in [1.29, 1.82) is 0 Å². The Morgan fingerprint density at radius 3 is 2.50 bits per heavy atom. The summed E-state index contributed by atoms with van der Waals surface area (Å²) in [4.78, 5) is 16.6. The van der Waals surface area contributed by atoms with Crippen LogP contribution in [0.15, 0.2) is 60.8 Å². The van der Waals surface area contributed by atoms with Crippen molar-refractivity contribution >= 4 is 27.5 Å². The van der Waals surface area contributed by atoms with E-state index in [1.165, 1.54) is 12.1 Å². The highest BCUT2D eigenvalue weighted by Crippen LogP contribution is 2.38. The zero-order chi connectivity index (χ0) is 21.7. The van der Waals surface area contributed by atoms with Gasteiger partial charge in [-0.3, -0.25) is 4.79 Å². The number of pyridine rings is 1. The maximum atomic E-state index is 12.4. The Hall–Kier alpha value is -3.10. The number of sulfonamides is 1. The third kappa shape index (κ3) is 5.49. The molecule has 1 heterocycles. The van der Waals surface area contributed by atoms with Gasteiger partial charge in [-0.05, 0) is 61.5 Å². The lowest BCUT2D eigenvalue weighted by Gasteiger charge is -2.15. The van der Waals surface area contributed by atoms with Crippen LogP contribution in [0.5, 0.6) is 17.4 Å². The lowest BCUT2D eigenvalue weighted by molar-refractivity contribution is 0.0981. The van der Waals surface area contributed by atoms with E-state index < -0.39 is 15.9 Å². The minimum absolute atomic E-state index is 0.144. The van der Waals surface area contributed by atoms with E-state index in [0.717, 1.165) is 6.26 Å². The van der Waals surface area contributed by atoms with Crippen LogP contribution in [0.4, 0.5) is 0 Å². The molecule has 0 unspecified atom stereocenters. The van der Waals surface area contributed by atoms with Crippen LogP contribution < -0.4 is 14.2 Å². The van der Waals surface area contributed by atoms with Gasteiger partial charge >= 0.3 is 0 Å². The lowest BCUT2D eigenvalue weighted by Crippen LogP contribution is -2.29. The molecule has 1 aromatic heterocycles. The van der Waals surface area contributed by atoms with Gasteiger partial charge < -0.3 is 9.47 Å². The first-order valence-corrected chi connectivity index (χ1v) is 11.2. The summed E-state index contributed by atoms with van der Waals surface area (Å²) in [6, 6.07) is 14.9. The minimum atomic E-state index is -3.71. The fraction of sp³-hybridized carbons (Fsp3) is 0.143. The molecular formula is C21H19ClN2O5S. The molecule has 0 aliphatic carbocycles. The number of hydrogen-bond acceptors (Lipinski definition) is 6. The van der Waals surface area contributed by atoms with Crippen molar-refractivity contribution in [2.75, 3.05) is 12.9 Å². The second-order valence-electron chi connectivity index (χ2n) is 6.26. The molecule has 9 heteroatoms. The van der Waals surface area contributed by atoms with Gasteiger partial charge in [0, 0.05) is 27.9 Å². The van der Waals surface area contributed by atoms with Crippen molar-refractivity contribution in [3.63, 3.8) is 0 Å². The molecular weight excluding hydrogens is 428 g/mol. The van der Waals surface area contributed by atoms with Gasteiger partial charge in [-0.1, -0.05) is 11.6 Å². The number of nitrogens with one attached hydrogen (secondary N) is 1. The predicted octanol–water partition coefficient (Wildman–Crippen LogP) is 4.28. The number of nitrogens with zero attached hydrogens (tertiary/aromatic N) is 1. The first-order valence-electron chi connectivity index (χ1n) is 8.94. The molecule has 1 N–H and O–H groups in total. The predicted molar refractivity (Wildman–Crippen MR) is 115 cm³/mol. The molecule has 7 nitrogen and oxygen atoms in total. The second-order valence-corrected chi connectivity index (χ2v) is 8.44. The molecule has 0 spiro atoms. The Morgan fingerprint density at radius 2 is 1.83 bits per heavy atom. The normalized spacial score (nSPS) is 11.0. The van der Waals surface area contributed by atoms with Gasteiger partial charge in [0.2, 0.25) is 15.9 Å². The quantitative estimate of drug-likeness (QED) is 0.582. The molecule has 0 aliphatic heterocycles. The number of ether oxygens (including phenoxy) is 2. The van der Waals surface area contributed by atoms with Gasteiger partial charge in [0.15, 0.2) is 0 Å². The summed E-state index contributed by atoms with van der Waals surface area (Å²) in [7, 11) is -3.71. The maximum absolute atomic E-state index is 12.4. The van der Waals surface area contributed by atoms with Crippen LogP contribution in [0.3, 0.4) is 0 Å². The first-order chi connectivity index (χ1) is 14.3. The Kier molecular flexibility index (Phi) is 6.59. The molecule has 3 aromatic rings. The van der Waals surface area contributed by atoms with E-state index in [0.29, 0.717) is 40.1 Å². The molecule has 156 valence electrons. The molecule has 30 heavy (non-hydrogen) atoms. The van der Waals surface area contributed by atoms with Crippen molar-refractivity contribution in [3.8, 4) is 28.5 Å². The van der Waals surface area contributed by atoms with E-state index in [1.807, 2.05) is 11.6 Å². The van der Waals surface area contributed by atoms with Gasteiger partial charge in [0.05, 0.1) is 12.9 Å². The molecule has 0 radical (unpaired) electrons. The van der Waals surface area contributed by atoms with Crippen LogP contribution in [0.2, 0.25) is 5.02 Å². The Bertz CT molecular complexity index is 1160. The topological polar surface area (TPSA) is 94.6 Å². The molecule has 0 fully saturated rings. The van der Waals surface area contributed by atoms with E-state index in [2.05, 4.69) is 4.98 Å². The van der Waals surface area contributed by atoms with Crippen LogP contribution in [0, 0.1) is 0 Å². The molecule has 0 bridgehead atoms. The number of carbonyl (C=O) groups excluding carboxylic acids is 1. The van der Waals surface area contributed by atoms with Crippen LogP contribution in [-0.2, 0) is 10.0 Å². The minimum Gasteiger partial charge on any atom is -0.478 e. The first kappa shape index (κ1) is 21.6. The number of halogens is 1. The summed E-state index contributed by atoms with van der Waals surface area (Å²) in [6.45, 7) is 2.23. The molecule has 0 saturated carbocycles. The smallest absolute Gasteiger partial charge is 0.264 e. The van der Waals surface area contributed by atoms with E-state index in [1.54, 1.807) is 48.7 Å². The fourth-order valence-electron chi connectivity index (χ4n) is 2.68. The maximum Gasteiger partial charge on any atom is 0.264 e. The van der Waals surface area contributed by atoms with E-state index in [4.69, 9.17) is 21.1 Å². The summed E-state index contributed by atoms with van der Waals surface area (Å²) in [5, 5.41) is 0.571. The van der Waals surface area contributed by atoms with Crippen molar-refractivity contribution in [3.05, 3.63) is 71.4 Å². The third-order valence-electron chi connectivity index (χ3n) is 3.90.